The van der Waals surface area contributed by atoms with E-state index in [2.05, 4.69) is 65.1 Å². The van der Waals surface area contributed by atoms with Gasteiger partial charge in [-0.1, -0.05) is 57.0 Å². The zero-order valence-electron chi connectivity index (χ0n) is 14.1. The van der Waals surface area contributed by atoms with Crippen LogP contribution in [0.3, 0.4) is 0 Å². The maximum Gasteiger partial charge on any atom is 0.0208 e. The summed E-state index contributed by atoms with van der Waals surface area (Å²) >= 11 is 0. The van der Waals surface area contributed by atoms with Gasteiger partial charge in [0, 0.05) is 12.6 Å². The molecule has 0 unspecified atom stereocenters. The van der Waals surface area contributed by atoms with Gasteiger partial charge in [0.1, 0.15) is 0 Å². The van der Waals surface area contributed by atoms with Gasteiger partial charge in [-0.25, -0.2) is 0 Å². The molecular weight excluding hydrogens is 242 g/mol. The van der Waals surface area contributed by atoms with E-state index in [0.717, 1.165) is 6.54 Å². The molecule has 0 saturated heterocycles. The van der Waals surface area contributed by atoms with E-state index in [9.17, 15) is 0 Å². The van der Waals surface area contributed by atoms with Crippen molar-refractivity contribution in [2.24, 2.45) is 10.8 Å². The number of nitrogens with one attached hydrogen (secondary N) is 1. The van der Waals surface area contributed by atoms with Crippen LogP contribution in [0.5, 0.6) is 0 Å². The predicted octanol–water partition coefficient (Wildman–Crippen LogP) is 5.00. The number of aryl methyl sites for hydroxylation is 2. The van der Waals surface area contributed by atoms with Crippen LogP contribution in [0.15, 0.2) is 18.2 Å². The summed E-state index contributed by atoms with van der Waals surface area (Å²) in [6.45, 7) is 15.0. The molecule has 1 aliphatic rings. The van der Waals surface area contributed by atoms with Crippen LogP contribution in [-0.2, 0) is 6.54 Å². The van der Waals surface area contributed by atoms with Crippen LogP contribution in [0.2, 0.25) is 0 Å². The van der Waals surface area contributed by atoms with Gasteiger partial charge in [0.2, 0.25) is 0 Å². The first-order valence-electron chi connectivity index (χ1n) is 7.96. The van der Waals surface area contributed by atoms with Gasteiger partial charge < -0.3 is 5.32 Å². The lowest BCUT2D eigenvalue weighted by atomic mass is 9.63. The van der Waals surface area contributed by atoms with Crippen LogP contribution in [-0.4, -0.2) is 6.04 Å². The molecule has 1 aromatic rings. The van der Waals surface area contributed by atoms with Gasteiger partial charge in [-0.15, -0.1) is 0 Å². The third-order valence-electron chi connectivity index (χ3n) is 4.43. The van der Waals surface area contributed by atoms with Gasteiger partial charge in [0.15, 0.2) is 0 Å². The van der Waals surface area contributed by atoms with Crippen molar-refractivity contribution in [3.05, 3.63) is 34.9 Å². The molecule has 0 atom stereocenters. The first-order chi connectivity index (χ1) is 9.15. The molecule has 1 heteroatoms. The van der Waals surface area contributed by atoms with Crippen LogP contribution >= 0.6 is 0 Å². The molecule has 0 aromatic heterocycles. The van der Waals surface area contributed by atoms with E-state index in [1.165, 1.54) is 36.0 Å². The van der Waals surface area contributed by atoms with E-state index in [-0.39, 0.29) is 0 Å². The summed E-state index contributed by atoms with van der Waals surface area (Å²) in [5.74, 6) is 0. The van der Waals surface area contributed by atoms with Gasteiger partial charge in [-0.2, -0.15) is 0 Å². The summed E-state index contributed by atoms with van der Waals surface area (Å²) in [6.07, 6.45) is 3.92. The average molecular weight is 273 g/mol. The van der Waals surface area contributed by atoms with Crippen LogP contribution in [0.4, 0.5) is 0 Å². The van der Waals surface area contributed by atoms with Crippen molar-refractivity contribution in [2.75, 3.05) is 0 Å². The maximum atomic E-state index is 3.80. The summed E-state index contributed by atoms with van der Waals surface area (Å²) in [6, 6.07) is 7.50. The molecule has 2 rings (SSSR count). The lowest BCUT2D eigenvalue weighted by Gasteiger charge is -2.45. The van der Waals surface area contributed by atoms with Crippen molar-refractivity contribution < 1.29 is 0 Å². The molecule has 0 spiro atoms. The second kappa shape index (κ2) is 5.52. The van der Waals surface area contributed by atoms with E-state index in [4.69, 9.17) is 0 Å². The third kappa shape index (κ3) is 4.34. The Kier molecular flexibility index (Phi) is 4.30. The van der Waals surface area contributed by atoms with E-state index < -0.39 is 0 Å². The van der Waals surface area contributed by atoms with E-state index in [1.54, 1.807) is 0 Å². The van der Waals surface area contributed by atoms with Crippen molar-refractivity contribution in [3.8, 4) is 0 Å². The first-order valence-corrected chi connectivity index (χ1v) is 7.96. The standard InChI is InChI=1S/C19H31N/c1-14-7-15(2)9-16(8-14)12-20-17-10-18(3,4)13-19(5,6)11-17/h7-9,17,20H,10-13H2,1-6H3. The molecule has 1 fully saturated rings. The SMILES string of the molecule is Cc1cc(C)cc(CNC2CC(C)(C)CC(C)(C)C2)c1. The summed E-state index contributed by atoms with van der Waals surface area (Å²) in [5.41, 5.74) is 5.07. The van der Waals surface area contributed by atoms with Crippen LogP contribution in [0, 0.1) is 24.7 Å². The van der Waals surface area contributed by atoms with Gasteiger partial charge >= 0.3 is 0 Å². The monoisotopic (exact) mass is 273 g/mol. The third-order valence-corrected chi connectivity index (χ3v) is 4.43. The molecule has 1 nitrogen and oxygen atoms in total. The zero-order valence-corrected chi connectivity index (χ0v) is 14.1. The Morgan fingerprint density at radius 2 is 1.45 bits per heavy atom. The van der Waals surface area contributed by atoms with Crippen LogP contribution in [0.25, 0.3) is 0 Å². The maximum absolute atomic E-state index is 3.80. The molecule has 1 saturated carbocycles. The summed E-state index contributed by atoms with van der Waals surface area (Å²) < 4.78 is 0. The van der Waals surface area contributed by atoms with Crippen LogP contribution in [0.1, 0.15) is 63.6 Å². The normalized spacial score (nSPS) is 21.9. The summed E-state index contributed by atoms with van der Waals surface area (Å²) in [7, 11) is 0. The minimum atomic E-state index is 0.460. The lowest BCUT2D eigenvalue weighted by Crippen LogP contribution is -2.43. The van der Waals surface area contributed by atoms with Crippen molar-refractivity contribution in [1.82, 2.24) is 5.32 Å². The molecule has 0 radical (unpaired) electrons. The molecule has 1 aliphatic carbocycles. The van der Waals surface area contributed by atoms with E-state index in [0.29, 0.717) is 16.9 Å². The van der Waals surface area contributed by atoms with E-state index in [1.807, 2.05) is 0 Å². The Labute approximate surface area is 125 Å². The number of hydrogen-bond donors (Lipinski definition) is 1. The number of hydrogen-bond acceptors (Lipinski definition) is 1. The van der Waals surface area contributed by atoms with Gasteiger partial charge in [0.25, 0.3) is 0 Å². The highest BCUT2D eigenvalue weighted by Crippen LogP contribution is 2.45. The lowest BCUT2D eigenvalue weighted by molar-refractivity contribution is 0.0845. The molecule has 1 aromatic carbocycles. The summed E-state index contributed by atoms with van der Waals surface area (Å²) in [5, 5.41) is 3.80. The highest BCUT2D eigenvalue weighted by Gasteiger charge is 2.38. The topological polar surface area (TPSA) is 12.0 Å². The smallest absolute Gasteiger partial charge is 0.0208 e. The first kappa shape index (κ1) is 15.6. The van der Waals surface area contributed by atoms with Gasteiger partial charge in [0.05, 0.1) is 0 Å². The summed E-state index contributed by atoms with van der Waals surface area (Å²) in [4.78, 5) is 0. The second-order valence-electron chi connectivity index (χ2n) is 8.49. The Morgan fingerprint density at radius 3 is 1.95 bits per heavy atom. The minimum absolute atomic E-state index is 0.460. The highest BCUT2D eigenvalue weighted by molar-refractivity contribution is 5.28. The molecule has 0 heterocycles. The molecule has 112 valence electrons. The van der Waals surface area contributed by atoms with Crippen molar-refractivity contribution in [1.29, 1.82) is 0 Å². The second-order valence-corrected chi connectivity index (χ2v) is 8.49. The zero-order chi connectivity index (χ0) is 15.0. The molecule has 0 bridgehead atoms. The number of rotatable bonds is 3. The predicted molar refractivity (Wildman–Crippen MR) is 88.0 cm³/mol. The molecule has 0 amide bonds. The van der Waals surface area contributed by atoms with E-state index >= 15 is 0 Å². The Balaban J connectivity index is 1.99. The average Bonchev–Trinajstić information content (AvgIpc) is 2.20. The fourth-order valence-electron chi connectivity index (χ4n) is 4.42. The number of benzene rings is 1. The minimum Gasteiger partial charge on any atom is -0.310 e. The molecular formula is C19H31N. The fourth-order valence-corrected chi connectivity index (χ4v) is 4.42. The Hall–Kier alpha value is -0.820. The Morgan fingerprint density at radius 1 is 0.950 bits per heavy atom. The molecule has 1 N–H and O–H groups in total. The molecule has 0 aliphatic heterocycles. The fraction of sp³-hybridized carbons (Fsp3) is 0.684. The van der Waals surface area contributed by atoms with Gasteiger partial charge in [-0.05, 0) is 49.5 Å². The molecule has 20 heavy (non-hydrogen) atoms. The highest BCUT2D eigenvalue weighted by atomic mass is 14.9. The van der Waals surface area contributed by atoms with Crippen molar-refractivity contribution >= 4 is 0 Å². The van der Waals surface area contributed by atoms with Crippen LogP contribution < -0.4 is 5.32 Å². The van der Waals surface area contributed by atoms with Crippen molar-refractivity contribution in [2.45, 2.75) is 73.4 Å². The van der Waals surface area contributed by atoms with Gasteiger partial charge in [-0.3, -0.25) is 0 Å². The quantitative estimate of drug-likeness (QED) is 0.817. The largest absolute Gasteiger partial charge is 0.310 e. The van der Waals surface area contributed by atoms with Crippen molar-refractivity contribution in [3.63, 3.8) is 0 Å². The Bertz CT molecular complexity index is 434.